The summed E-state index contributed by atoms with van der Waals surface area (Å²) in [5, 5.41) is 0.807. The monoisotopic (exact) mass is 307 g/mol. The third-order valence-corrected chi connectivity index (χ3v) is 5.17. The molecule has 2 fully saturated rings. The van der Waals surface area contributed by atoms with E-state index in [9.17, 15) is 0 Å². The molecule has 0 saturated carbocycles. The first-order valence-corrected chi connectivity index (χ1v) is 8.60. The normalized spacial score (nSPS) is 21.1. The predicted octanol–water partition coefficient (Wildman–Crippen LogP) is 3.11. The zero-order valence-corrected chi connectivity index (χ0v) is 13.5. The molecule has 2 heterocycles. The maximum atomic E-state index is 6.16. The highest BCUT2D eigenvalue weighted by Crippen LogP contribution is 2.29. The molecule has 0 unspecified atom stereocenters. The Hall–Kier alpha value is -0.770. The molecule has 2 aliphatic heterocycles. The van der Waals surface area contributed by atoms with E-state index in [2.05, 4.69) is 21.9 Å². The molecule has 4 heteroatoms. The zero-order chi connectivity index (χ0) is 14.7. The number of hydrogen-bond donors (Lipinski definition) is 1. The summed E-state index contributed by atoms with van der Waals surface area (Å²) < 4.78 is 0. The minimum atomic E-state index is 0.584. The molecule has 0 bridgehead atoms. The third kappa shape index (κ3) is 3.71. The predicted molar refractivity (Wildman–Crippen MR) is 90.0 cm³/mol. The van der Waals surface area contributed by atoms with Crippen molar-refractivity contribution in [1.82, 2.24) is 4.90 Å². The standard InChI is InChI=1S/C17H26ClN3/c18-16-4-3-15(12-19)17(11-16)21-9-5-14(6-10-21)13-20-7-1-2-8-20/h3-4,11,14H,1-2,5-10,12-13,19H2. The minimum absolute atomic E-state index is 0.584. The van der Waals surface area contributed by atoms with Crippen LogP contribution in [0.15, 0.2) is 18.2 Å². The van der Waals surface area contributed by atoms with Crippen molar-refractivity contribution in [2.24, 2.45) is 11.7 Å². The second-order valence-corrected chi connectivity index (χ2v) is 6.85. The molecule has 0 radical (unpaired) electrons. The summed E-state index contributed by atoms with van der Waals surface area (Å²) in [6.45, 7) is 6.77. The first kappa shape index (κ1) is 15.1. The van der Waals surface area contributed by atoms with E-state index in [1.165, 1.54) is 56.6 Å². The molecule has 3 rings (SSSR count). The number of halogens is 1. The summed E-state index contributed by atoms with van der Waals surface area (Å²) in [5.41, 5.74) is 8.31. The number of hydrogen-bond acceptors (Lipinski definition) is 3. The number of nitrogens with zero attached hydrogens (tertiary/aromatic N) is 2. The molecular weight excluding hydrogens is 282 g/mol. The summed E-state index contributed by atoms with van der Waals surface area (Å²) in [6, 6.07) is 6.08. The van der Waals surface area contributed by atoms with E-state index in [0.717, 1.165) is 24.0 Å². The van der Waals surface area contributed by atoms with Crippen molar-refractivity contribution in [1.29, 1.82) is 0 Å². The number of rotatable bonds is 4. The summed E-state index contributed by atoms with van der Waals surface area (Å²) in [6.07, 6.45) is 5.35. The summed E-state index contributed by atoms with van der Waals surface area (Å²) in [5.74, 6) is 0.861. The zero-order valence-electron chi connectivity index (χ0n) is 12.7. The van der Waals surface area contributed by atoms with Gasteiger partial charge in [-0.2, -0.15) is 0 Å². The van der Waals surface area contributed by atoms with Gasteiger partial charge in [0.05, 0.1) is 0 Å². The van der Waals surface area contributed by atoms with Gasteiger partial charge in [0.2, 0.25) is 0 Å². The Morgan fingerprint density at radius 1 is 1.10 bits per heavy atom. The lowest BCUT2D eigenvalue weighted by atomic mass is 9.95. The lowest BCUT2D eigenvalue weighted by Gasteiger charge is -2.36. The Labute approximate surface area is 133 Å². The molecular formula is C17H26ClN3. The Kier molecular flexibility index (Phi) is 5.04. The van der Waals surface area contributed by atoms with Gasteiger partial charge in [-0.25, -0.2) is 0 Å². The lowest BCUT2D eigenvalue weighted by Crippen LogP contribution is -2.38. The van der Waals surface area contributed by atoms with Crippen LogP contribution < -0.4 is 10.6 Å². The second kappa shape index (κ2) is 6.99. The van der Waals surface area contributed by atoms with Gasteiger partial charge in [-0.3, -0.25) is 0 Å². The average molecular weight is 308 g/mol. The molecule has 1 aromatic rings. The van der Waals surface area contributed by atoms with Crippen LogP contribution in [0.2, 0.25) is 5.02 Å². The van der Waals surface area contributed by atoms with Gasteiger partial charge in [-0.15, -0.1) is 0 Å². The van der Waals surface area contributed by atoms with Gasteiger partial charge in [0, 0.05) is 36.9 Å². The third-order valence-electron chi connectivity index (χ3n) is 4.94. The van der Waals surface area contributed by atoms with Crippen LogP contribution >= 0.6 is 11.6 Å². The van der Waals surface area contributed by atoms with E-state index in [1.807, 2.05) is 6.07 Å². The highest BCUT2D eigenvalue weighted by atomic mass is 35.5. The smallest absolute Gasteiger partial charge is 0.0426 e. The van der Waals surface area contributed by atoms with Crippen molar-refractivity contribution >= 4 is 17.3 Å². The van der Waals surface area contributed by atoms with Gasteiger partial charge >= 0.3 is 0 Å². The fraction of sp³-hybridized carbons (Fsp3) is 0.647. The van der Waals surface area contributed by atoms with Crippen molar-refractivity contribution in [2.45, 2.75) is 32.2 Å². The van der Waals surface area contributed by atoms with Crippen LogP contribution in [0.1, 0.15) is 31.2 Å². The summed E-state index contributed by atoms with van der Waals surface area (Å²) in [7, 11) is 0. The molecule has 0 spiro atoms. The number of nitrogens with two attached hydrogens (primary N) is 1. The fourth-order valence-electron chi connectivity index (χ4n) is 3.69. The number of benzene rings is 1. The van der Waals surface area contributed by atoms with Crippen molar-refractivity contribution in [3.8, 4) is 0 Å². The molecule has 0 aromatic heterocycles. The van der Waals surface area contributed by atoms with Gasteiger partial charge in [-0.05, 0) is 62.4 Å². The molecule has 2 aliphatic rings. The minimum Gasteiger partial charge on any atom is -0.371 e. The summed E-state index contributed by atoms with van der Waals surface area (Å²) in [4.78, 5) is 5.11. The maximum absolute atomic E-state index is 6.16. The van der Waals surface area contributed by atoms with Crippen LogP contribution in [0, 0.1) is 5.92 Å². The largest absolute Gasteiger partial charge is 0.371 e. The fourth-order valence-corrected chi connectivity index (χ4v) is 3.86. The first-order valence-electron chi connectivity index (χ1n) is 8.22. The van der Waals surface area contributed by atoms with Gasteiger partial charge in [-0.1, -0.05) is 17.7 Å². The Morgan fingerprint density at radius 3 is 2.48 bits per heavy atom. The molecule has 0 aliphatic carbocycles. The van der Waals surface area contributed by atoms with Crippen molar-refractivity contribution < 1.29 is 0 Å². The van der Waals surface area contributed by atoms with E-state index in [4.69, 9.17) is 17.3 Å². The van der Waals surface area contributed by atoms with Crippen LogP contribution in [0.3, 0.4) is 0 Å². The van der Waals surface area contributed by atoms with Crippen molar-refractivity contribution in [3.05, 3.63) is 28.8 Å². The van der Waals surface area contributed by atoms with Crippen molar-refractivity contribution in [3.63, 3.8) is 0 Å². The molecule has 1 aromatic carbocycles. The van der Waals surface area contributed by atoms with Gasteiger partial charge in [0.1, 0.15) is 0 Å². The Morgan fingerprint density at radius 2 is 1.81 bits per heavy atom. The first-order chi connectivity index (χ1) is 10.3. The van der Waals surface area contributed by atoms with Gasteiger partial charge in [0.15, 0.2) is 0 Å². The molecule has 2 N–H and O–H groups in total. The van der Waals surface area contributed by atoms with Crippen LogP contribution in [0.4, 0.5) is 5.69 Å². The average Bonchev–Trinajstić information content (AvgIpc) is 3.01. The number of piperidine rings is 1. The van der Waals surface area contributed by atoms with Crippen molar-refractivity contribution in [2.75, 3.05) is 37.6 Å². The SMILES string of the molecule is NCc1ccc(Cl)cc1N1CCC(CN2CCCC2)CC1. The van der Waals surface area contributed by atoms with E-state index >= 15 is 0 Å². The molecule has 0 amide bonds. The molecule has 3 nitrogen and oxygen atoms in total. The van der Waals surface area contributed by atoms with Crippen LogP contribution in [0.5, 0.6) is 0 Å². The number of anilines is 1. The second-order valence-electron chi connectivity index (χ2n) is 6.42. The van der Waals surface area contributed by atoms with E-state index in [-0.39, 0.29) is 0 Å². The topological polar surface area (TPSA) is 32.5 Å². The van der Waals surface area contributed by atoms with E-state index in [1.54, 1.807) is 0 Å². The molecule has 21 heavy (non-hydrogen) atoms. The highest BCUT2D eigenvalue weighted by Gasteiger charge is 2.23. The molecule has 116 valence electrons. The van der Waals surface area contributed by atoms with E-state index < -0.39 is 0 Å². The van der Waals surface area contributed by atoms with Crippen LogP contribution in [-0.4, -0.2) is 37.6 Å². The van der Waals surface area contributed by atoms with Crippen LogP contribution in [0.25, 0.3) is 0 Å². The molecule has 2 saturated heterocycles. The molecule has 0 atom stereocenters. The highest BCUT2D eigenvalue weighted by molar-refractivity contribution is 6.30. The maximum Gasteiger partial charge on any atom is 0.0426 e. The summed E-state index contributed by atoms with van der Waals surface area (Å²) >= 11 is 6.16. The Bertz CT molecular complexity index is 463. The van der Waals surface area contributed by atoms with Gasteiger partial charge in [0.25, 0.3) is 0 Å². The van der Waals surface area contributed by atoms with Gasteiger partial charge < -0.3 is 15.5 Å². The quantitative estimate of drug-likeness (QED) is 0.927. The van der Waals surface area contributed by atoms with Crippen LogP contribution in [-0.2, 0) is 6.54 Å². The lowest BCUT2D eigenvalue weighted by molar-refractivity contribution is 0.249. The number of likely N-dealkylation sites (tertiary alicyclic amines) is 1. The van der Waals surface area contributed by atoms with E-state index in [0.29, 0.717) is 6.54 Å². The Balaban J connectivity index is 1.59.